The smallest absolute Gasteiger partial charge is 0.379 e. The van der Waals surface area contributed by atoms with Crippen LogP contribution in [0.15, 0.2) is 34.6 Å². The Labute approximate surface area is 165 Å². The van der Waals surface area contributed by atoms with Crippen LogP contribution >= 0.6 is 0 Å². The van der Waals surface area contributed by atoms with Gasteiger partial charge >= 0.3 is 6.18 Å². The Morgan fingerprint density at radius 2 is 1.97 bits per heavy atom. The highest BCUT2D eigenvalue weighted by atomic mass is 19.4. The second-order valence-corrected chi connectivity index (χ2v) is 7.59. The summed E-state index contributed by atoms with van der Waals surface area (Å²) in [7, 11) is 0. The molecule has 1 saturated heterocycles. The molecule has 10 heteroatoms. The van der Waals surface area contributed by atoms with E-state index in [4.69, 9.17) is 10.5 Å². The molecule has 158 valence electrons. The van der Waals surface area contributed by atoms with Crippen LogP contribution in [0.3, 0.4) is 0 Å². The molecule has 2 heterocycles. The minimum Gasteiger partial charge on any atom is -0.379 e. The van der Waals surface area contributed by atoms with Gasteiger partial charge in [0, 0.05) is 37.5 Å². The van der Waals surface area contributed by atoms with Gasteiger partial charge in [0.15, 0.2) is 0 Å². The second-order valence-electron chi connectivity index (χ2n) is 7.59. The third-order valence-corrected chi connectivity index (χ3v) is 5.12. The van der Waals surface area contributed by atoms with Crippen LogP contribution in [0.4, 0.5) is 17.6 Å². The maximum Gasteiger partial charge on any atom is 0.421 e. The number of nitrogens with two attached hydrogens (primary N) is 1. The number of nitrogens with zero attached hydrogens (tertiary/aromatic N) is 2. The van der Waals surface area contributed by atoms with Crippen molar-refractivity contribution in [2.24, 2.45) is 10.7 Å². The van der Waals surface area contributed by atoms with Gasteiger partial charge in [0.25, 0.3) is 0 Å². The van der Waals surface area contributed by atoms with Crippen molar-refractivity contribution in [3.63, 3.8) is 0 Å². The first-order valence-electron chi connectivity index (χ1n) is 9.53. The van der Waals surface area contributed by atoms with Gasteiger partial charge in [-0.2, -0.15) is 13.2 Å². The largest absolute Gasteiger partial charge is 0.421 e. The van der Waals surface area contributed by atoms with Crippen molar-refractivity contribution in [2.75, 3.05) is 26.3 Å². The van der Waals surface area contributed by atoms with E-state index >= 15 is 0 Å². The van der Waals surface area contributed by atoms with E-state index in [9.17, 15) is 17.6 Å². The van der Waals surface area contributed by atoms with Crippen LogP contribution in [-0.2, 0) is 17.1 Å². The Balaban J connectivity index is 1.60. The number of halogens is 4. The molecule has 4 N–H and O–H groups in total. The van der Waals surface area contributed by atoms with Gasteiger partial charge in [-0.05, 0) is 36.6 Å². The molecule has 0 amide bonds. The summed E-state index contributed by atoms with van der Waals surface area (Å²) in [5.74, 6) is -2.44. The predicted octanol–water partition coefficient (Wildman–Crippen LogP) is 1.93. The second kappa shape index (κ2) is 7.58. The van der Waals surface area contributed by atoms with Gasteiger partial charge < -0.3 is 15.4 Å². The van der Waals surface area contributed by atoms with Crippen molar-refractivity contribution >= 4 is 6.21 Å². The van der Waals surface area contributed by atoms with Crippen LogP contribution in [0, 0.1) is 5.82 Å². The standard InChI is InChI=1S/C19H23F4N5O/c20-14-8-12(11-28-3-5-29-6-4-28)7-13(9-14)19(24)25-10-16(18(21,22)23)17(27-19)26-15-1-2-15/h7-10,15,26-27H,1-6,11,24H2. The molecule has 0 radical (unpaired) electrons. The normalized spacial score (nSPS) is 25.8. The monoisotopic (exact) mass is 413 g/mol. The molecule has 1 saturated carbocycles. The number of rotatable bonds is 5. The molecule has 1 atom stereocenters. The molecule has 2 aliphatic heterocycles. The fourth-order valence-corrected chi connectivity index (χ4v) is 3.41. The molecule has 0 bridgehead atoms. The van der Waals surface area contributed by atoms with Gasteiger partial charge in [-0.15, -0.1) is 0 Å². The number of nitrogens with one attached hydrogen (secondary N) is 2. The summed E-state index contributed by atoms with van der Waals surface area (Å²) in [4.78, 5) is 6.03. The summed E-state index contributed by atoms with van der Waals surface area (Å²) in [6.07, 6.45) is -2.30. The zero-order chi connectivity index (χ0) is 20.6. The number of morpholine rings is 1. The van der Waals surface area contributed by atoms with Gasteiger partial charge in [-0.3, -0.25) is 10.6 Å². The highest BCUT2D eigenvalue weighted by Crippen LogP contribution is 2.33. The fourth-order valence-electron chi connectivity index (χ4n) is 3.41. The van der Waals surface area contributed by atoms with E-state index < -0.39 is 23.4 Å². The van der Waals surface area contributed by atoms with Crippen molar-refractivity contribution < 1.29 is 22.3 Å². The molecular weight excluding hydrogens is 390 g/mol. The van der Waals surface area contributed by atoms with Crippen molar-refractivity contribution in [1.29, 1.82) is 0 Å². The van der Waals surface area contributed by atoms with Crippen LogP contribution in [0.1, 0.15) is 24.0 Å². The van der Waals surface area contributed by atoms with E-state index in [0.717, 1.165) is 25.9 Å². The summed E-state index contributed by atoms with van der Waals surface area (Å²) < 4.78 is 59.7. The number of hydrogen-bond donors (Lipinski definition) is 3. The third kappa shape index (κ3) is 4.71. The molecule has 0 aromatic heterocycles. The number of benzene rings is 1. The summed E-state index contributed by atoms with van der Waals surface area (Å²) in [5, 5.41) is 5.49. The van der Waals surface area contributed by atoms with Crippen LogP contribution in [-0.4, -0.2) is 49.6 Å². The minimum absolute atomic E-state index is 0.0324. The minimum atomic E-state index is -4.58. The first-order chi connectivity index (χ1) is 13.7. The van der Waals surface area contributed by atoms with Gasteiger partial charge in [-0.25, -0.2) is 9.38 Å². The predicted molar refractivity (Wildman–Crippen MR) is 99.2 cm³/mol. The number of allylic oxidation sites excluding steroid dienone is 1. The Morgan fingerprint density at radius 3 is 2.62 bits per heavy atom. The topological polar surface area (TPSA) is 74.9 Å². The number of hydrogen-bond acceptors (Lipinski definition) is 6. The molecule has 1 aromatic rings. The number of aliphatic imine (C=N–C) groups is 1. The highest BCUT2D eigenvalue weighted by molar-refractivity contribution is 5.82. The Kier molecular flexibility index (Phi) is 5.26. The van der Waals surface area contributed by atoms with Crippen molar-refractivity contribution in [3.8, 4) is 0 Å². The van der Waals surface area contributed by atoms with Crippen LogP contribution in [0.25, 0.3) is 0 Å². The van der Waals surface area contributed by atoms with Crippen molar-refractivity contribution in [2.45, 2.75) is 37.4 Å². The lowest BCUT2D eigenvalue weighted by Crippen LogP contribution is -2.54. The van der Waals surface area contributed by atoms with E-state index in [1.165, 1.54) is 12.1 Å². The van der Waals surface area contributed by atoms with Crippen LogP contribution in [0.2, 0.25) is 0 Å². The summed E-state index contributed by atoms with van der Waals surface area (Å²) in [6.45, 7) is 3.16. The Morgan fingerprint density at radius 1 is 1.24 bits per heavy atom. The molecule has 1 aliphatic carbocycles. The van der Waals surface area contributed by atoms with E-state index in [0.29, 0.717) is 31.5 Å². The van der Waals surface area contributed by atoms with Gasteiger partial charge in [0.2, 0.25) is 5.79 Å². The molecular formula is C19H23F4N5O. The molecule has 0 spiro atoms. The van der Waals surface area contributed by atoms with E-state index in [1.54, 1.807) is 6.07 Å². The van der Waals surface area contributed by atoms with Crippen LogP contribution < -0.4 is 16.4 Å². The molecule has 1 aromatic carbocycles. The average molecular weight is 413 g/mol. The van der Waals surface area contributed by atoms with E-state index in [2.05, 4.69) is 20.5 Å². The molecule has 2 fully saturated rings. The Hall–Kier alpha value is -2.17. The van der Waals surface area contributed by atoms with E-state index in [-0.39, 0.29) is 17.4 Å². The number of alkyl halides is 3. The maximum absolute atomic E-state index is 14.3. The lowest BCUT2D eigenvalue weighted by Gasteiger charge is -2.34. The zero-order valence-corrected chi connectivity index (χ0v) is 15.7. The molecule has 4 rings (SSSR count). The van der Waals surface area contributed by atoms with Crippen molar-refractivity contribution in [1.82, 2.24) is 15.5 Å². The lowest BCUT2D eigenvalue weighted by atomic mass is 10.0. The van der Waals surface area contributed by atoms with Crippen LogP contribution in [0.5, 0.6) is 0 Å². The molecule has 6 nitrogen and oxygen atoms in total. The third-order valence-electron chi connectivity index (χ3n) is 5.12. The first kappa shape index (κ1) is 20.1. The quantitative estimate of drug-likeness (QED) is 0.644. The van der Waals surface area contributed by atoms with Gasteiger partial charge in [0.1, 0.15) is 17.2 Å². The van der Waals surface area contributed by atoms with Crippen molar-refractivity contribution in [3.05, 3.63) is 46.5 Å². The molecule has 29 heavy (non-hydrogen) atoms. The summed E-state index contributed by atoms with van der Waals surface area (Å²) >= 11 is 0. The average Bonchev–Trinajstić information content (AvgIpc) is 3.45. The summed E-state index contributed by atoms with van der Waals surface area (Å²) in [5.41, 5.74) is 6.30. The molecule has 3 aliphatic rings. The lowest BCUT2D eigenvalue weighted by molar-refractivity contribution is -0.0876. The first-order valence-corrected chi connectivity index (χ1v) is 9.53. The maximum atomic E-state index is 14.3. The zero-order valence-electron chi connectivity index (χ0n) is 15.7. The SMILES string of the molecule is NC1(c2cc(F)cc(CN3CCOCC3)c2)N=CC(C(F)(F)F)=C(NC2CC2)N1. The Bertz CT molecular complexity index is 830. The highest BCUT2D eigenvalue weighted by Gasteiger charge is 2.42. The number of ether oxygens (including phenoxy) is 1. The fraction of sp³-hybridized carbons (Fsp3) is 0.526. The van der Waals surface area contributed by atoms with E-state index in [1.807, 2.05) is 0 Å². The van der Waals surface area contributed by atoms with Gasteiger partial charge in [-0.1, -0.05) is 0 Å². The van der Waals surface area contributed by atoms with Gasteiger partial charge in [0.05, 0.1) is 13.2 Å². The molecule has 1 unspecified atom stereocenters. The summed E-state index contributed by atoms with van der Waals surface area (Å²) in [6, 6.07) is 4.24.